The van der Waals surface area contributed by atoms with Crippen LogP contribution in [0.25, 0.3) is 10.9 Å². The zero-order valence-electron chi connectivity index (χ0n) is 15.2. The number of hydrogen-bond donors (Lipinski definition) is 1. The average molecular weight is 312 g/mol. The van der Waals surface area contributed by atoms with Crippen molar-refractivity contribution in [2.75, 3.05) is 0 Å². The maximum absolute atomic E-state index is 13.1. The van der Waals surface area contributed by atoms with Crippen molar-refractivity contribution in [1.29, 1.82) is 0 Å². The highest BCUT2D eigenvalue weighted by Crippen LogP contribution is 2.36. The van der Waals surface area contributed by atoms with Crippen LogP contribution in [0.3, 0.4) is 0 Å². The van der Waals surface area contributed by atoms with Crippen LogP contribution in [-0.2, 0) is 17.8 Å². The number of rotatable bonds is 1. The number of ketones is 1. The third-order valence-corrected chi connectivity index (χ3v) is 4.91. The van der Waals surface area contributed by atoms with Crippen molar-refractivity contribution < 1.29 is 4.79 Å². The smallest absolute Gasteiger partial charge is 0.155 e. The Kier molecular flexibility index (Phi) is 3.68. The number of aromatic amines is 1. The first kappa shape index (κ1) is 16.3. The zero-order valence-corrected chi connectivity index (χ0v) is 15.2. The fraction of sp³-hybridized carbons (Fsp3) is 0.550. The summed E-state index contributed by atoms with van der Waals surface area (Å²) in [6.45, 7) is 13.5. The standard InChI is InChI=1S/C20H28N2O/c1-19(2,3)18(23)17-11-14-13-9-7-8-10-15(13)21-16(14)12-22(17)20(4,5)6/h7-10,17,21H,11-12H2,1-6H3. The third kappa shape index (κ3) is 2.83. The lowest BCUT2D eigenvalue weighted by molar-refractivity contribution is -0.135. The van der Waals surface area contributed by atoms with Gasteiger partial charge in [0, 0.05) is 34.1 Å². The van der Waals surface area contributed by atoms with E-state index in [9.17, 15) is 4.79 Å². The minimum Gasteiger partial charge on any atom is -0.357 e. The van der Waals surface area contributed by atoms with Gasteiger partial charge in [0.15, 0.2) is 5.78 Å². The van der Waals surface area contributed by atoms with Crippen LogP contribution in [-0.4, -0.2) is 27.2 Å². The summed E-state index contributed by atoms with van der Waals surface area (Å²) in [5.74, 6) is 0.336. The summed E-state index contributed by atoms with van der Waals surface area (Å²) in [6.07, 6.45) is 0.798. The number of Topliss-reactive ketones (excluding diaryl/α,β-unsaturated/α-hetero) is 1. The topological polar surface area (TPSA) is 36.1 Å². The fourth-order valence-electron chi connectivity index (χ4n) is 3.65. The van der Waals surface area contributed by atoms with Crippen LogP contribution in [0.5, 0.6) is 0 Å². The summed E-state index contributed by atoms with van der Waals surface area (Å²) in [5, 5.41) is 1.27. The molecule has 0 spiro atoms. The molecular formula is C20H28N2O. The van der Waals surface area contributed by atoms with E-state index in [0.717, 1.165) is 13.0 Å². The second-order valence-electron chi connectivity index (χ2n) is 8.76. The van der Waals surface area contributed by atoms with Crippen molar-refractivity contribution in [3.8, 4) is 0 Å². The Balaban J connectivity index is 2.10. The van der Waals surface area contributed by atoms with Crippen molar-refractivity contribution in [3.63, 3.8) is 0 Å². The fourth-order valence-corrected chi connectivity index (χ4v) is 3.65. The predicted octanol–water partition coefficient (Wildman–Crippen LogP) is 4.31. The monoisotopic (exact) mass is 312 g/mol. The van der Waals surface area contributed by atoms with Crippen LogP contribution in [0.4, 0.5) is 0 Å². The molecule has 0 bridgehead atoms. The van der Waals surface area contributed by atoms with E-state index in [1.165, 1.54) is 22.2 Å². The molecule has 0 amide bonds. The Hall–Kier alpha value is -1.61. The number of nitrogens with zero attached hydrogens (tertiary/aromatic N) is 1. The summed E-state index contributed by atoms with van der Waals surface area (Å²) in [7, 11) is 0. The molecule has 23 heavy (non-hydrogen) atoms. The van der Waals surface area contributed by atoms with Crippen molar-refractivity contribution in [3.05, 3.63) is 35.5 Å². The van der Waals surface area contributed by atoms with Gasteiger partial charge in [0.05, 0.1) is 6.04 Å². The van der Waals surface area contributed by atoms with Gasteiger partial charge in [-0.25, -0.2) is 0 Å². The highest BCUT2D eigenvalue weighted by Gasteiger charge is 2.42. The van der Waals surface area contributed by atoms with Crippen molar-refractivity contribution in [2.45, 2.75) is 66.1 Å². The maximum atomic E-state index is 13.1. The van der Waals surface area contributed by atoms with Gasteiger partial charge in [-0.05, 0) is 38.8 Å². The van der Waals surface area contributed by atoms with Crippen LogP contribution < -0.4 is 0 Å². The summed E-state index contributed by atoms with van der Waals surface area (Å²) in [4.78, 5) is 19.0. The molecule has 1 atom stereocenters. The summed E-state index contributed by atoms with van der Waals surface area (Å²) in [6, 6.07) is 8.37. The molecule has 124 valence electrons. The number of aromatic nitrogens is 1. The Bertz CT molecular complexity index is 743. The van der Waals surface area contributed by atoms with Gasteiger partial charge in [-0.15, -0.1) is 0 Å². The highest BCUT2D eigenvalue weighted by atomic mass is 16.1. The number of carbonyl (C=O) groups is 1. The van der Waals surface area contributed by atoms with Gasteiger partial charge in [-0.3, -0.25) is 9.69 Å². The van der Waals surface area contributed by atoms with Gasteiger partial charge in [0.2, 0.25) is 0 Å². The second kappa shape index (κ2) is 5.20. The number of hydrogen-bond acceptors (Lipinski definition) is 2. The molecule has 1 aromatic heterocycles. The molecule has 0 radical (unpaired) electrons. The van der Waals surface area contributed by atoms with Crippen LogP contribution in [0.2, 0.25) is 0 Å². The largest absolute Gasteiger partial charge is 0.357 e. The molecule has 0 aliphatic carbocycles. The first-order chi connectivity index (χ1) is 10.6. The minimum absolute atomic E-state index is 0.0411. The molecule has 1 N–H and O–H groups in total. The van der Waals surface area contributed by atoms with Crippen LogP contribution in [0.1, 0.15) is 52.8 Å². The quantitative estimate of drug-likeness (QED) is 0.852. The zero-order chi connectivity index (χ0) is 17.0. The number of H-pyrrole nitrogens is 1. The van der Waals surface area contributed by atoms with Crippen LogP contribution in [0, 0.1) is 5.41 Å². The summed E-state index contributed by atoms with van der Waals surface area (Å²) in [5.41, 5.74) is 3.40. The third-order valence-electron chi connectivity index (χ3n) is 4.91. The van der Waals surface area contributed by atoms with Crippen LogP contribution >= 0.6 is 0 Å². The molecular weight excluding hydrogens is 284 g/mol. The van der Waals surface area contributed by atoms with Crippen LogP contribution in [0.15, 0.2) is 24.3 Å². The molecule has 0 fully saturated rings. The number of benzene rings is 1. The van der Waals surface area contributed by atoms with Gasteiger partial charge in [0.1, 0.15) is 0 Å². The van der Waals surface area contributed by atoms with E-state index in [0.29, 0.717) is 5.78 Å². The van der Waals surface area contributed by atoms with Gasteiger partial charge in [-0.1, -0.05) is 39.0 Å². The van der Waals surface area contributed by atoms with E-state index in [-0.39, 0.29) is 17.0 Å². The van der Waals surface area contributed by atoms with Gasteiger partial charge < -0.3 is 4.98 Å². The molecule has 2 heterocycles. The molecule has 0 saturated heterocycles. The lowest BCUT2D eigenvalue weighted by Crippen LogP contribution is -2.56. The molecule has 1 aromatic carbocycles. The Morgan fingerprint density at radius 2 is 1.78 bits per heavy atom. The SMILES string of the molecule is CC(C)(C)C(=O)C1Cc2c([nH]c3ccccc23)CN1C(C)(C)C. The van der Waals surface area contributed by atoms with E-state index in [2.05, 4.69) is 54.9 Å². The second-order valence-corrected chi connectivity index (χ2v) is 8.76. The first-order valence-corrected chi connectivity index (χ1v) is 8.48. The Morgan fingerprint density at radius 3 is 2.39 bits per heavy atom. The maximum Gasteiger partial charge on any atom is 0.155 e. The molecule has 3 rings (SSSR count). The molecule has 2 aromatic rings. The van der Waals surface area contributed by atoms with Crippen molar-refractivity contribution in [2.24, 2.45) is 5.41 Å². The molecule has 3 heteroatoms. The summed E-state index contributed by atoms with van der Waals surface area (Å²) < 4.78 is 0. The molecule has 1 unspecified atom stereocenters. The van der Waals surface area contributed by atoms with Gasteiger partial charge in [0.25, 0.3) is 0 Å². The lowest BCUT2D eigenvalue weighted by atomic mass is 9.80. The Morgan fingerprint density at radius 1 is 1.13 bits per heavy atom. The number of nitrogens with one attached hydrogen (secondary N) is 1. The number of carbonyl (C=O) groups excluding carboxylic acids is 1. The molecule has 1 aliphatic rings. The molecule has 1 aliphatic heterocycles. The average Bonchev–Trinajstić information content (AvgIpc) is 2.81. The lowest BCUT2D eigenvalue weighted by Gasteiger charge is -2.45. The van der Waals surface area contributed by atoms with E-state index in [1.807, 2.05) is 20.8 Å². The van der Waals surface area contributed by atoms with E-state index >= 15 is 0 Å². The van der Waals surface area contributed by atoms with Gasteiger partial charge >= 0.3 is 0 Å². The van der Waals surface area contributed by atoms with Crippen molar-refractivity contribution in [1.82, 2.24) is 9.88 Å². The summed E-state index contributed by atoms with van der Waals surface area (Å²) >= 11 is 0. The minimum atomic E-state index is -0.322. The number of para-hydroxylation sites is 1. The molecule has 0 saturated carbocycles. The number of fused-ring (bicyclic) bond motifs is 3. The highest BCUT2D eigenvalue weighted by molar-refractivity contribution is 5.91. The molecule has 3 nitrogen and oxygen atoms in total. The van der Waals surface area contributed by atoms with E-state index in [1.54, 1.807) is 0 Å². The first-order valence-electron chi connectivity index (χ1n) is 8.48. The normalized spacial score (nSPS) is 19.8. The van der Waals surface area contributed by atoms with E-state index in [4.69, 9.17) is 0 Å². The van der Waals surface area contributed by atoms with Crippen molar-refractivity contribution >= 4 is 16.7 Å². The Labute approximate surface area is 139 Å². The predicted molar refractivity (Wildman–Crippen MR) is 95.5 cm³/mol. The van der Waals surface area contributed by atoms with E-state index < -0.39 is 0 Å². The van der Waals surface area contributed by atoms with Gasteiger partial charge in [-0.2, -0.15) is 0 Å².